The van der Waals surface area contributed by atoms with E-state index in [2.05, 4.69) is 157 Å². The van der Waals surface area contributed by atoms with Gasteiger partial charge in [-0.15, -0.1) is 11.3 Å². The first kappa shape index (κ1) is 23.5. The van der Waals surface area contributed by atoms with E-state index in [9.17, 15) is 0 Å². The largest absolute Gasteiger partial charge is 0.310 e. The van der Waals surface area contributed by atoms with Gasteiger partial charge >= 0.3 is 0 Å². The molecule has 0 atom stereocenters. The van der Waals surface area contributed by atoms with Crippen molar-refractivity contribution < 1.29 is 0 Å². The zero-order valence-electron chi connectivity index (χ0n) is 22.8. The molecule has 196 valence electrons. The van der Waals surface area contributed by atoms with Crippen LogP contribution in [0.4, 0.5) is 17.1 Å². The number of benzene rings is 8. The Bertz CT molecular complexity index is 2470. The van der Waals surface area contributed by atoms with Crippen LogP contribution in [0.1, 0.15) is 0 Å². The lowest BCUT2D eigenvalue weighted by Gasteiger charge is -2.26. The lowest BCUT2D eigenvalue weighted by molar-refractivity contribution is 1.29. The Kier molecular flexibility index (Phi) is 5.13. The van der Waals surface area contributed by atoms with E-state index in [1.165, 1.54) is 63.3 Å². The highest BCUT2D eigenvalue weighted by atomic mass is 32.1. The van der Waals surface area contributed by atoms with E-state index in [-0.39, 0.29) is 0 Å². The highest BCUT2D eigenvalue weighted by Crippen LogP contribution is 2.41. The summed E-state index contributed by atoms with van der Waals surface area (Å²) in [6.07, 6.45) is 0. The first-order chi connectivity index (χ1) is 20.8. The van der Waals surface area contributed by atoms with Gasteiger partial charge in [-0.3, -0.25) is 0 Å². The van der Waals surface area contributed by atoms with Crippen LogP contribution < -0.4 is 4.90 Å². The standard InChI is InChI=1S/C40H25NS/c1-2-9-30(10-3-1)41(31-17-14-27-24-38-37-12-6-7-13-39(37)42-40(38)25-29(27)23-31)32-18-21-34-28(22-32)16-20-35-33-11-5-4-8-26(33)15-19-36(34)35/h1-25H. The zero-order valence-corrected chi connectivity index (χ0v) is 23.6. The van der Waals surface area contributed by atoms with Crippen molar-refractivity contribution >= 4 is 91.7 Å². The van der Waals surface area contributed by atoms with E-state index in [1.54, 1.807) is 0 Å². The molecule has 0 amide bonds. The van der Waals surface area contributed by atoms with Crippen LogP contribution in [0, 0.1) is 0 Å². The van der Waals surface area contributed by atoms with Crippen LogP contribution in [-0.4, -0.2) is 0 Å². The summed E-state index contributed by atoms with van der Waals surface area (Å²) in [6.45, 7) is 0. The monoisotopic (exact) mass is 551 g/mol. The molecule has 8 aromatic carbocycles. The first-order valence-electron chi connectivity index (χ1n) is 14.3. The molecule has 9 aromatic rings. The molecule has 0 radical (unpaired) electrons. The van der Waals surface area contributed by atoms with Crippen molar-refractivity contribution in [3.63, 3.8) is 0 Å². The van der Waals surface area contributed by atoms with E-state index >= 15 is 0 Å². The summed E-state index contributed by atoms with van der Waals surface area (Å²) in [5.74, 6) is 0. The summed E-state index contributed by atoms with van der Waals surface area (Å²) >= 11 is 1.87. The van der Waals surface area contributed by atoms with Crippen LogP contribution in [0.25, 0.3) is 63.3 Å². The van der Waals surface area contributed by atoms with Crippen LogP contribution in [0.15, 0.2) is 152 Å². The average Bonchev–Trinajstić information content (AvgIpc) is 3.41. The quantitative estimate of drug-likeness (QED) is 0.197. The molecule has 42 heavy (non-hydrogen) atoms. The van der Waals surface area contributed by atoms with E-state index in [1.807, 2.05) is 11.3 Å². The van der Waals surface area contributed by atoms with Gasteiger partial charge in [0.25, 0.3) is 0 Å². The Labute approximate surface area is 247 Å². The van der Waals surface area contributed by atoms with E-state index < -0.39 is 0 Å². The van der Waals surface area contributed by atoms with Crippen LogP contribution in [-0.2, 0) is 0 Å². The summed E-state index contributed by atoms with van der Waals surface area (Å²) in [7, 11) is 0. The molecule has 9 rings (SSSR count). The normalized spacial score (nSPS) is 11.8. The van der Waals surface area contributed by atoms with Crippen LogP contribution in [0.5, 0.6) is 0 Å². The molecule has 0 saturated heterocycles. The molecular formula is C40H25NS. The molecule has 0 saturated carbocycles. The van der Waals surface area contributed by atoms with E-state index in [4.69, 9.17) is 0 Å². The molecule has 0 aliphatic heterocycles. The fourth-order valence-corrected chi connectivity index (χ4v) is 7.71. The maximum Gasteiger partial charge on any atom is 0.0468 e. The Morgan fingerprint density at radius 1 is 0.310 bits per heavy atom. The van der Waals surface area contributed by atoms with Gasteiger partial charge in [-0.05, 0) is 97.7 Å². The molecule has 0 fully saturated rings. The second-order valence-electron chi connectivity index (χ2n) is 11.0. The van der Waals surface area contributed by atoms with Gasteiger partial charge in [0.15, 0.2) is 0 Å². The Morgan fingerprint density at radius 3 is 1.79 bits per heavy atom. The average molecular weight is 552 g/mol. The van der Waals surface area contributed by atoms with Gasteiger partial charge in [0.1, 0.15) is 0 Å². The number of para-hydroxylation sites is 1. The predicted molar refractivity (Wildman–Crippen MR) is 184 cm³/mol. The third kappa shape index (κ3) is 3.62. The molecule has 1 heterocycles. The van der Waals surface area contributed by atoms with Gasteiger partial charge in [0, 0.05) is 37.2 Å². The third-order valence-electron chi connectivity index (χ3n) is 8.58. The Morgan fingerprint density at radius 2 is 0.929 bits per heavy atom. The minimum absolute atomic E-state index is 1.14. The zero-order chi connectivity index (χ0) is 27.6. The smallest absolute Gasteiger partial charge is 0.0468 e. The number of rotatable bonds is 3. The van der Waals surface area contributed by atoms with Crippen LogP contribution in [0.2, 0.25) is 0 Å². The third-order valence-corrected chi connectivity index (χ3v) is 9.71. The summed E-state index contributed by atoms with van der Waals surface area (Å²) < 4.78 is 2.67. The van der Waals surface area contributed by atoms with Gasteiger partial charge in [-0.25, -0.2) is 0 Å². The van der Waals surface area contributed by atoms with Crippen molar-refractivity contribution in [2.45, 2.75) is 0 Å². The summed E-state index contributed by atoms with van der Waals surface area (Å²) in [4.78, 5) is 2.37. The number of nitrogens with zero attached hydrogens (tertiary/aromatic N) is 1. The number of fused-ring (bicyclic) bond motifs is 9. The molecule has 0 bridgehead atoms. The molecular weight excluding hydrogens is 527 g/mol. The minimum Gasteiger partial charge on any atom is -0.310 e. The van der Waals surface area contributed by atoms with Crippen molar-refractivity contribution in [1.29, 1.82) is 0 Å². The second-order valence-corrected chi connectivity index (χ2v) is 12.1. The number of thiophene rings is 1. The van der Waals surface area contributed by atoms with Crippen LogP contribution >= 0.6 is 11.3 Å². The Balaban J connectivity index is 1.23. The number of hydrogen-bond acceptors (Lipinski definition) is 2. The highest BCUT2D eigenvalue weighted by molar-refractivity contribution is 7.25. The molecule has 0 unspecified atom stereocenters. The molecule has 0 aliphatic carbocycles. The summed E-state index contributed by atoms with van der Waals surface area (Å²) in [5.41, 5.74) is 3.45. The van der Waals surface area contributed by atoms with Crippen LogP contribution in [0.3, 0.4) is 0 Å². The number of anilines is 3. The maximum absolute atomic E-state index is 2.37. The van der Waals surface area contributed by atoms with Crippen molar-refractivity contribution in [3.05, 3.63) is 152 Å². The molecule has 0 N–H and O–H groups in total. The van der Waals surface area contributed by atoms with Gasteiger partial charge in [0.2, 0.25) is 0 Å². The van der Waals surface area contributed by atoms with E-state index in [0.29, 0.717) is 0 Å². The summed E-state index contributed by atoms with van der Waals surface area (Å²) in [5, 5.41) is 12.9. The van der Waals surface area contributed by atoms with E-state index in [0.717, 1.165) is 17.1 Å². The summed E-state index contributed by atoms with van der Waals surface area (Å²) in [6, 6.07) is 55.6. The SMILES string of the molecule is c1ccc(N(c2ccc3cc4c(cc3c2)sc2ccccc24)c2ccc3c(ccc4c5ccccc5ccc34)c2)cc1. The van der Waals surface area contributed by atoms with Crippen molar-refractivity contribution in [1.82, 2.24) is 0 Å². The Hall–Kier alpha value is -5.18. The highest BCUT2D eigenvalue weighted by Gasteiger charge is 2.15. The van der Waals surface area contributed by atoms with Crippen molar-refractivity contribution in [2.75, 3.05) is 4.90 Å². The van der Waals surface area contributed by atoms with Gasteiger partial charge in [-0.2, -0.15) is 0 Å². The molecule has 2 heteroatoms. The lowest BCUT2D eigenvalue weighted by atomic mass is 9.96. The first-order valence-corrected chi connectivity index (χ1v) is 15.2. The fraction of sp³-hybridized carbons (Fsp3) is 0. The van der Waals surface area contributed by atoms with Gasteiger partial charge in [-0.1, -0.05) is 97.1 Å². The lowest BCUT2D eigenvalue weighted by Crippen LogP contribution is -2.09. The number of hydrogen-bond donors (Lipinski definition) is 0. The second kappa shape index (κ2) is 9.17. The maximum atomic E-state index is 2.37. The molecule has 0 spiro atoms. The van der Waals surface area contributed by atoms with Crippen molar-refractivity contribution in [3.8, 4) is 0 Å². The van der Waals surface area contributed by atoms with Gasteiger partial charge in [0.05, 0.1) is 0 Å². The fourth-order valence-electron chi connectivity index (χ4n) is 6.57. The van der Waals surface area contributed by atoms with Crippen molar-refractivity contribution in [2.24, 2.45) is 0 Å². The topological polar surface area (TPSA) is 3.24 Å². The van der Waals surface area contributed by atoms with Gasteiger partial charge < -0.3 is 4.90 Å². The minimum atomic E-state index is 1.14. The molecule has 0 aliphatic rings. The molecule has 1 aromatic heterocycles. The predicted octanol–water partition coefficient (Wildman–Crippen LogP) is 12.1. The molecule has 1 nitrogen and oxygen atoms in total.